The van der Waals surface area contributed by atoms with Gasteiger partial charge in [-0.3, -0.25) is 14.4 Å². The van der Waals surface area contributed by atoms with Crippen LogP contribution in [-0.2, 0) is 14.4 Å². The Bertz CT molecular complexity index is 1030. The number of hydrogen-bond acceptors (Lipinski definition) is 5. The molecule has 0 radical (unpaired) electrons. The monoisotopic (exact) mass is 447 g/mol. The second kappa shape index (κ2) is 11.5. The van der Waals surface area contributed by atoms with Crippen molar-refractivity contribution >= 4 is 53.2 Å². The zero-order valence-corrected chi connectivity index (χ0v) is 16.6. The number of aliphatic carboxylic acids is 1. The van der Waals surface area contributed by atoms with Gasteiger partial charge in [0.05, 0.1) is 12.5 Å². The number of amides is 3. The first kappa shape index (κ1) is 25.1. The SMILES string of the molecule is CN1C=CC(=O)C(NC(=O)N[C@@H](CC(=O)O)c2cccc(Oc3ccccc3)c2)C1=O.[NaH]. The third-order valence-corrected chi connectivity index (χ3v) is 4.54. The van der Waals surface area contributed by atoms with E-state index in [1.807, 2.05) is 18.2 Å². The van der Waals surface area contributed by atoms with E-state index < -0.39 is 42.2 Å². The number of ketones is 1. The van der Waals surface area contributed by atoms with E-state index in [-0.39, 0.29) is 29.6 Å². The van der Waals surface area contributed by atoms with E-state index in [0.29, 0.717) is 17.1 Å². The summed E-state index contributed by atoms with van der Waals surface area (Å²) in [7, 11) is 1.46. The first-order valence-electron chi connectivity index (χ1n) is 9.44. The Balaban J connectivity index is 0.00000363. The van der Waals surface area contributed by atoms with Gasteiger partial charge in [0.25, 0.3) is 5.91 Å². The van der Waals surface area contributed by atoms with Gasteiger partial charge in [0.1, 0.15) is 11.5 Å². The van der Waals surface area contributed by atoms with E-state index in [2.05, 4.69) is 10.6 Å². The van der Waals surface area contributed by atoms with Gasteiger partial charge in [-0.25, -0.2) is 4.79 Å². The quantitative estimate of drug-likeness (QED) is 0.437. The third kappa shape index (κ3) is 6.68. The second-order valence-corrected chi connectivity index (χ2v) is 6.86. The molecule has 2 aromatic carbocycles. The first-order valence-corrected chi connectivity index (χ1v) is 9.44. The average Bonchev–Trinajstić information content (AvgIpc) is 2.74. The summed E-state index contributed by atoms with van der Waals surface area (Å²) < 4.78 is 5.76. The van der Waals surface area contributed by atoms with Crippen molar-refractivity contribution in [1.82, 2.24) is 15.5 Å². The van der Waals surface area contributed by atoms with Crippen molar-refractivity contribution in [1.29, 1.82) is 0 Å². The summed E-state index contributed by atoms with van der Waals surface area (Å²) in [4.78, 5) is 49.1. The van der Waals surface area contributed by atoms with Crippen LogP contribution in [0.2, 0.25) is 0 Å². The van der Waals surface area contributed by atoms with Gasteiger partial charge in [-0.2, -0.15) is 0 Å². The second-order valence-electron chi connectivity index (χ2n) is 6.86. The summed E-state index contributed by atoms with van der Waals surface area (Å²) in [6.45, 7) is 0. The van der Waals surface area contributed by atoms with E-state index in [9.17, 15) is 24.3 Å². The fourth-order valence-electron chi connectivity index (χ4n) is 2.99. The number of benzene rings is 2. The summed E-state index contributed by atoms with van der Waals surface area (Å²) in [5.74, 6) is -1.22. The molecule has 10 heteroatoms. The molecule has 0 saturated carbocycles. The van der Waals surface area contributed by atoms with Crippen LogP contribution in [0, 0.1) is 0 Å². The van der Waals surface area contributed by atoms with Crippen LogP contribution in [0.3, 0.4) is 0 Å². The van der Waals surface area contributed by atoms with Gasteiger partial charge in [0.2, 0.25) is 0 Å². The number of likely N-dealkylation sites (N-methyl/N-ethyl adjacent to an activating group) is 1. The molecular weight excluding hydrogens is 425 g/mol. The average molecular weight is 447 g/mol. The zero-order valence-electron chi connectivity index (χ0n) is 16.6. The molecule has 1 aliphatic rings. The third-order valence-electron chi connectivity index (χ3n) is 4.54. The maximum atomic E-state index is 12.5. The summed E-state index contributed by atoms with van der Waals surface area (Å²) in [5, 5.41) is 14.1. The molecule has 3 rings (SSSR count). The Labute approximate surface area is 206 Å². The van der Waals surface area contributed by atoms with E-state index in [4.69, 9.17) is 4.74 Å². The van der Waals surface area contributed by atoms with Crippen LogP contribution < -0.4 is 15.4 Å². The molecule has 3 amide bonds. The molecule has 0 saturated heterocycles. The number of ether oxygens (including phenoxy) is 1. The maximum absolute atomic E-state index is 12.5. The molecule has 1 heterocycles. The summed E-state index contributed by atoms with van der Waals surface area (Å²) in [6.07, 6.45) is 2.09. The molecule has 2 aromatic rings. The van der Waals surface area contributed by atoms with Crippen LogP contribution in [-0.4, -0.2) is 76.3 Å². The summed E-state index contributed by atoms with van der Waals surface area (Å²) in [6, 6.07) is 12.6. The Morgan fingerprint density at radius 1 is 1.09 bits per heavy atom. The number of hydrogen-bond donors (Lipinski definition) is 3. The van der Waals surface area contributed by atoms with Crippen LogP contribution in [0.25, 0.3) is 0 Å². The minimum atomic E-state index is -1.37. The number of nitrogens with zero attached hydrogens (tertiary/aromatic N) is 1. The van der Waals surface area contributed by atoms with Crippen LogP contribution in [0.4, 0.5) is 4.79 Å². The van der Waals surface area contributed by atoms with Crippen molar-refractivity contribution in [3.05, 3.63) is 72.4 Å². The number of carboxylic acid groups (broad SMARTS) is 1. The van der Waals surface area contributed by atoms with Crippen LogP contribution in [0.1, 0.15) is 18.0 Å². The van der Waals surface area contributed by atoms with Gasteiger partial charge < -0.3 is 25.4 Å². The Morgan fingerprint density at radius 3 is 2.47 bits per heavy atom. The van der Waals surface area contributed by atoms with E-state index >= 15 is 0 Å². The van der Waals surface area contributed by atoms with E-state index in [0.717, 1.165) is 0 Å². The Morgan fingerprint density at radius 2 is 1.78 bits per heavy atom. The molecule has 1 aliphatic heterocycles. The van der Waals surface area contributed by atoms with Crippen LogP contribution in [0.15, 0.2) is 66.9 Å². The van der Waals surface area contributed by atoms with Crippen molar-refractivity contribution in [2.45, 2.75) is 18.5 Å². The Hall–Kier alpha value is -3.14. The fourth-order valence-corrected chi connectivity index (χ4v) is 2.99. The van der Waals surface area contributed by atoms with Gasteiger partial charge in [-0.15, -0.1) is 0 Å². The number of para-hydroxylation sites is 1. The van der Waals surface area contributed by atoms with Gasteiger partial charge in [0.15, 0.2) is 11.8 Å². The van der Waals surface area contributed by atoms with Crippen molar-refractivity contribution in [2.75, 3.05) is 7.05 Å². The predicted octanol–water partition coefficient (Wildman–Crippen LogP) is 1.57. The van der Waals surface area contributed by atoms with Crippen LogP contribution >= 0.6 is 0 Å². The van der Waals surface area contributed by atoms with Crippen molar-refractivity contribution < 1.29 is 29.0 Å². The summed E-state index contributed by atoms with van der Waals surface area (Å²) in [5.41, 5.74) is 0.490. The summed E-state index contributed by atoms with van der Waals surface area (Å²) >= 11 is 0. The number of carbonyl (C=O) groups is 4. The normalized spacial score (nSPS) is 16.0. The Kier molecular flexibility index (Phi) is 9.01. The first-order chi connectivity index (χ1) is 14.8. The molecule has 0 aliphatic carbocycles. The molecule has 0 bridgehead atoms. The molecule has 9 nitrogen and oxygen atoms in total. The molecule has 3 N–H and O–H groups in total. The topological polar surface area (TPSA) is 125 Å². The van der Waals surface area contributed by atoms with Crippen molar-refractivity contribution in [3.8, 4) is 11.5 Å². The molecule has 2 atom stereocenters. The number of carbonyl (C=O) groups excluding carboxylic acids is 3. The zero-order chi connectivity index (χ0) is 22.4. The van der Waals surface area contributed by atoms with Gasteiger partial charge >= 0.3 is 41.6 Å². The number of nitrogens with one attached hydrogen (secondary N) is 2. The number of carboxylic acids is 1. The van der Waals surface area contributed by atoms with Gasteiger partial charge in [-0.05, 0) is 29.8 Å². The molecule has 162 valence electrons. The van der Waals surface area contributed by atoms with E-state index in [1.165, 1.54) is 24.2 Å². The minimum absolute atomic E-state index is 0. The number of rotatable bonds is 7. The number of urea groups is 1. The molecule has 0 spiro atoms. The van der Waals surface area contributed by atoms with Crippen molar-refractivity contribution in [2.24, 2.45) is 0 Å². The molecule has 0 fully saturated rings. The van der Waals surface area contributed by atoms with Gasteiger partial charge in [-0.1, -0.05) is 30.3 Å². The van der Waals surface area contributed by atoms with E-state index in [1.54, 1.807) is 36.4 Å². The van der Waals surface area contributed by atoms with Crippen molar-refractivity contribution in [3.63, 3.8) is 0 Å². The molecular formula is C22H22N3NaO6. The molecule has 1 unspecified atom stereocenters. The van der Waals surface area contributed by atoms with Gasteiger partial charge in [0, 0.05) is 19.3 Å². The fraction of sp³-hybridized carbons (Fsp3) is 0.182. The predicted molar refractivity (Wildman–Crippen MR) is 117 cm³/mol. The molecule has 32 heavy (non-hydrogen) atoms. The van der Waals surface area contributed by atoms with Crippen LogP contribution in [0.5, 0.6) is 11.5 Å². The standard InChI is InChI=1S/C22H21N3O6.Na.H/c1-25-11-10-18(26)20(21(25)29)24-22(30)23-17(13-19(27)28)14-6-5-9-16(12-14)31-15-7-3-2-4-8-15;;/h2-12,17,20H,13H2,1H3,(H,27,28)(H2,23,24,30);;/t17-,20?;;/m0../s1. The molecule has 0 aromatic heterocycles.